The van der Waals surface area contributed by atoms with Gasteiger partial charge in [-0.2, -0.15) is 0 Å². The number of carbonyl (C=O) groups is 2. The first kappa shape index (κ1) is 35.9. The molecule has 0 unspecified atom stereocenters. The van der Waals surface area contributed by atoms with E-state index < -0.39 is 0 Å². The molecule has 1 heterocycles. The molecule has 2 aromatic carbocycles. The van der Waals surface area contributed by atoms with Gasteiger partial charge in [0, 0.05) is 39.0 Å². The van der Waals surface area contributed by atoms with E-state index in [1.807, 2.05) is 0 Å². The van der Waals surface area contributed by atoms with E-state index in [1.165, 1.54) is 101 Å². The largest absolute Gasteiger partial charge is 0.338 e. The Morgan fingerprint density at radius 3 is 0.955 bits per heavy atom. The van der Waals surface area contributed by atoms with Crippen LogP contribution in [0.25, 0.3) is 0 Å². The molecule has 0 N–H and O–H groups in total. The maximum atomic E-state index is 13.2. The highest BCUT2D eigenvalue weighted by Gasteiger charge is 2.15. The molecule has 1 aliphatic heterocycles. The number of hydrogen-bond acceptors (Lipinski definition) is 2. The average molecular weight is 603 g/mol. The lowest BCUT2D eigenvalue weighted by Crippen LogP contribution is -2.31. The number of benzene rings is 2. The summed E-state index contributed by atoms with van der Waals surface area (Å²) in [4.78, 5) is 30.6. The first-order valence-corrected chi connectivity index (χ1v) is 18.4. The Labute approximate surface area is 270 Å². The second-order valence-electron chi connectivity index (χ2n) is 13.2. The molecule has 3 rings (SSSR count). The van der Waals surface area contributed by atoms with Crippen LogP contribution in [0, 0.1) is 0 Å². The molecule has 0 bridgehead atoms. The molecule has 1 saturated heterocycles. The lowest BCUT2D eigenvalue weighted by atomic mass is 10.0. The highest BCUT2D eigenvalue weighted by molar-refractivity contribution is 5.76. The fourth-order valence-corrected chi connectivity index (χ4v) is 6.49. The van der Waals surface area contributed by atoms with E-state index in [-0.39, 0.29) is 0 Å². The fourth-order valence-electron chi connectivity index (χ4n) is 6.49. The number of amides is 2. The summed E-state index contributed by atoms with van der Waals surface area (Å²) in [6.07, 6.45) is 25.7. The summed E-state index contributed by atoms with van der Waals surface area (Å²) < 4.78 is 0. The van der Waals surface area contributed by atoms with Crippen LogP contribution in [0.3, 0.4) is 0 Å². The van der Waals surface area contributed by atoms with Crippen molar-refractivity contribution in [3.05, 3.63) is 71.8 Å². The van der Waals surface area contributed by atoms with Crippen molar-refractivity contribution >= 4 is 11.8 Å². The summed E-state index contributed by atoms with van der Waals surface area (Å²) in [6.45, 7) is 3.26. The van der Waals surface area contributed by atoms with Crippen LogP contribution in [0.1, 0.15) is 152 Å². The molecule has 1 aliphatic rings. The van der Waals surface area contributed by atoms with Gasteiger partial charge in [-0.1, -0.05) is 163 Å². The van der Waals surface area contributed by atoms with Crippen LogP contribution in [-0.2, 0) is 22.7 Å². The van der Waals surface area contributed by atoms with Crippen LogP contribution in [-0.4, -0.2) is 34.7 Å². The second-order valence-corrected chi connectivity index (χ2v) is 13.2. The highest BCUT2D eigenvalue weighted by atomic mass is 16.2. The third kappa shape index (κ3) is 16.5. The smallest absolute Gasteiger partial charge is 0.222 e. The zero-order valence-corrected chi connectivity index (χ0v) is 27.9. The Morgan fingerprint density at radius 1 is 0.364 bits per heavy atom. The minimum absolute atomic E-state index is 0.339. The molecule has 0 saturated carbocycles. The van der Waals surface area contributed by atoms with E-state index >= 15 is 0 Å². The Bertz CT molecular complexity index is 911. The van der Waals surface area contributed by atoms with Crippen molar-refractivity contribution in [1.82, 2.24) is 9.80 Å². The van der Waals surface area contributed by atoms with Gasteiger partial charge >= 0.3 is 0 Å². The van der Waals surface area contributed by atoms with Crippen LogP contribution >= 0.6 is 0 Å². The molecule has 0 atom stereocenters. The van der Waals surface area contributed by atoms with Gasteiger partial charge in [-0.15, -0.1) is 0 Å². The molecule has 0 aliphatic carbocycles. The van der Waals surface area contributed by atoms with Crippen molar-refractivity contribution in [2.24, 2.45) is 0 Å². The summed E-state index contributed by atoms with van der Waals surface area (Å²) in [5.74, 6) is 0.678. The Morgan fingerprint density at radius 2 is 0.636 bits per heavy atom. The Kier molecular flexibility index (Phi) is 19.3. The lowest BCUT2D eigenvalue weighted by molar-refractivity contribution is -0.132. The van der Waals surface area contributed by atoms with Crippen molar-refractivity contribution in [2.75, 3.05) is 13.1 Å². The van der Waals surface area contributed by atoms with E-state index in [9.17, 15) is 9.59 Å². The summed E-state index contributed by atoms with van der Waals surface area (Å²) in [5, 5.41) is 0. The van der Waals surface area contributed by atoms with Crippen molar-refractivity contribution in [3.63, 3.8) is 0 Å². The van der Waals surface area contributed by atoms with Gasteiger partial charge in [-0.05, 0) is 36.8 Å². The molecule has 244 valence electrons. The summed E-state index contributed by atoms with van der Waals surface area (Å²) in [5.41, 5.74) is 2.47. The number of nitrogens with zero attached hydrogens (tertiary/aromatic N) is 2. The third-order valence-electron chi connectivity index (χ3n) is 9.28. The standard InChI is InChI=1S/C40H62N2O2/c43-39-31-23-13-9-5-1-3-7-11-15-25-33-41(35-37-27-19-17-20-28-37)40(44)32-24-14-10-6-2-4-8-12-16-26-34-42(39)36-38-29-21-18-22-30-38/h17-22,27-30H,1-16,23-26,31-36H2. The van der Waals surface area contributed by atoms with Gasteiger partial charge in [0.2, 0.25) is 11.8 Å². The quantitative estimate of drug-likeness (QED) is 0.349. The van der Waals surface area contributed by atoms with Gasteiger partial charge in [-0.25, -0.2) is 0 Å². The zero-order valence-electron chi connectivity index (χ0n) is 27.9. The van der Waals surface area contributed by atoms with Crippen LogP contribution in [0.2, 0.25) is 0 Å². The highest BCUT2D eigenvalue weighted by Crippen LogP contribution is 2.17. The second kappa shape index (κ2) is 23.7. The molecule has 4 nitrogen and oxygen atoms in total. The first-order chi connectivity index (χ1) is 21.7. The fraction of sp³-hybridized carbons (Fsp3) is 0.650. The van der Waals surface area contributed by atoms with Gasteiger partial charge < -0.3 is 9.80 Å². The molecule has 2 amide bonds. The topological polar surface area (TPSA) is 40.6 Å². The van der Waals surface area contributed by atoms with Crippen LogP contribution in [0.5, 0.6) is 0 Å². The van der Waals surface area contributed by atoms with Crippen molar-refractivity contribution in [3.8, 4) is 0 Å². The zero-order chi connectivity index (χ0) is 30.9. The van der Waals surface area contributed by atoms with Gasteiger partial charge in [0.25, 0.3) is 0 Å². The Hall–Kier alpha value is -2.62. The normalized spacial score (nSPS) is 19.6. The minimum atomic E-state index is 0.339. The molecular formula is C40H62N2O2. The van der Waals surface area contributed by atoms with E-state index in [2.05, 4.69) is 70.5 Å². The van der Waals surface area contributed by atoms with Crippen LogP contribution in [0.15, 0.2) is 60.7 Å². The number of rotatable bonds is 4. The molecule has 1 fully saturated rings. The van der Waals surface area contributed by atoms with Crippen molar-refractivity contribution in [2.45, 2.75) is 154 Å². The average Bonchev–Trinajstić information content (AvgIpc) is 3.05. The van der Waals surface area contributed by atoms with Crippen LogP contribution < -0.4 is 0 Å². The molecule has 4 heteroatoms. The van der Waals surface area contributed by atoms with Crippen molar-refractivity contribution < 1.29 is 9.59 Å². The number of carbonyl (C=O) groups excluding carboxylic acids is 2. The monoisotopic (exact) mass is 602 g/mol. The summed E-state index contributed by atoms with van der Waals surface area (Å²) >= 11 is 0. The van der Waals surface area contributed by atoms with Gasteiger partial charge in [0.1, 0.15) is 0 Å². The van der Waals surface area contributed by atoms with E-state index in [0.29, 0.717) is 24.7 Å². The van der Waals surface area contributed by atoms with E-state index in [4.69, 9.17) is 0 Å². The third-order valence-corrected chi connectivity index (χ3v) is 9.28. The maximum absolute atomic E-state index is 13.2. The van der Waals surface area contributed by atoms with Gasteiger partial charge in [-0.3, -0.25) is 9.59 Å². The van der Waals surface area contributed by atoms with Gasteiger partial charge in [0.15, 0.2) is 0 Å². The summed E-state index contributed by atoms with van der Waals surface area (Å²) in [6, 6.07) is 21.0. The molecular weight excluding hydrogens is 540 g/mol. The molecule has 2 aromatic rings. The maximum Gasteiger partial charge on any atom is 0.222 e. The summed E-state index contributed by atoms with van der Waals surface area (Å²) in [7, 11) is 0. The first-order valence-electron chi connectivity index (χ1n) is 18.4. The number of hydrogen-bond donors (Lipinski definition) is 0. The van der Waals surface area contributed by atoms with Gasteiger partial charge in [0.05, 0.1) is 0 Å². The van der Waals surface area contributed by atoms with E-state index in [0.717, 1.165) is 64.7 Å². The van der Waals surface area contributed by atoms with E-state index in [1.54, 1.807) is 0 Å². The molecule has 0 radical (unpaired) electrons. The van der Waals surface area contributed by atoms with Crippen LogP contribution in [0.4, 0.5) is 0 Å². The predicted molar refractivity (Wildman–Crippen MR) is 185 cm³/mol. The SMILES string of the molecule is O=C1CCCCCCCCCCCCN(Cc2ccccc2)C(=O)CCCCCCCCCCCCN1Cc1ccccc1. The van der Waals surface area contributed by atoms with Crippen molar-refractivity contribution in [1.29, 1.82) is 0 Å². The lowest BCUT2D eigenvalue weighted by Gasteiger charge is -2.23. The minimum Gasteiger partial charge on any atom is -0.338 e. The molecule has 0 spiro atoms. The molecule has 44 heavy (non-hydrogen) atoms. The molecule has 0 aromatic heterocycles. The predicted octanol–water partition coefficient (Wildman–Crippen LogP) is 10.6. The Balaban J connectivity index is 1.42.